The number of hydrogen-bond donors (Lipinski definition) is 1. The van der Waals surface area contributed by atoms with Crippen LogP contribution in [-0.4, -0.2) is 15.2 Å². The van der Waals surface area contributed by atoms with Crippen molar-refractivity contribution < 1.29 is 14.4 Å². The van der Waals surface area contributed by atoms with Crippen molar-refractivity contribution in [3.05, 3.63) is 41.0 Å². The molecule has 0 aliphatic carbocycles. The van der Waals surface area contributed by atoms with Gasteiger partial charge in [0, 0.05) is 12.0 Å². The average molecular weight is 262 g/mol. The van der Waals surface area contributed by atoms with Gasteiger partial charge in [0.1, 0.15) is 5.75 Å². The molecule has 0 saturated heterocycles. The van der Waals surface area contributed by atoms with Crippen LogP contribution >= 0.6 is 0 Å². The maximum Gasteiger partial charge on any atom is 0.264 e. The summed E-state index contributed by atoms with van der Waals surface area (Å²) in [6.45, 7) is 4.19. The summed E-state index contributed by atoms with van der Waals surface area (Å²) in [5.41, 5.74) is 1.84. The van der Waals surface area contributed by atoms with E-state index < -0.39 is 0 Å². The Morgan fingerprint density at radius 1 is 1.37 bits per heavy atom. The molecule has 1 N–H and O–H groups in total. The Hall–Kier alpha value is -1.88. The van der Waals surface area contributed by atoms with Crippen molar-refractivity contribution in [1.82, 2.24) is 10.1 Å². The first kappa shape index (κ1) is 13.5. The highest BCUT2D eigenvalue weighted by atomic mass is 16.5. The van der Waals surface area contributed by atoms with Gasteiger partial charge >= 0.3 is 0 Å². The van der Waals surface area contributed by atoms with Gasteiger partial charge in [0.2, 0.25) is 0 Å². The number of aliphatic hydroxyl groups excluding tert-OH is 1. The molecule has 0 fully saturated rings. The summed E-state index contributed by atoms with van der Waals surface area (Å²) in [5.74, 6) is 1.80. The Morgan fingerprint density at radius 2 is 2.21 bits per heavy atom. The first-order valence-electron chi connectivity index (χ1n) is 6.37. The molecule has 2 rings (SSSR count). The van der Waals surface area contributed by atoms with Gasteiger partial charge in [-0.25, -0.2) is 0 Å². The number of aliphatic hydroxyl groups is 1. The van der Waals surface area contributed by atoms with Gasteiger partial charge in [0.05, 0.1) is 6.61 Å². The SMILES string of the molecule is CCCc1noc(COc2ccc(C)cc2CO)n1. The molecule has 1 aromatic heterocycles. The lowest BCUT2D eigenvalue weighted by atomic mass is 10.1. The smallest absolute Gasteiger partial charge is 0.264 e. The lowest BCUT2D eigenvalue weighted by Crippen LogP contribution is -1.99. The zero-order valence-corrected chi connectivity index (χ0v) is 11.2. The second kappa shape index (κ2) is 6.33. The molecule has 0 bridgehead atoms. The Bertz CT molecular complexity index is 537. The number of rotatable bonds is 6. The summed E-state index contributed by atoms with van der Waals surface area (Å²) < 4.78 is 10.7. The van der Waals surface area contributed by atoms with Gasteiger partial charge in [0.15, 0.2) is 12.4 Å². The fourth-order valence-corrected chi connectivity index (χ4v) is 1.79. The summed E-state index contributed by atoms with van der Waals surface area (Å²) in [6, 6.07) is 5.67. The van der Waals surface area contributed by atoms with Crippen LogP contribution in [0.25, 0.3) is 0 Å². The Morgan fingerprint density at radius 3 is 2.95 bits per heavy atom. The number of hydrogen-bond acceptors (Lipinski definition) is 5. The van der Waals surface area contributed by atoms with E-state index in [9.17, 15) is 5.11 Å². The standard InChI is InChI=1S/C14H18N2O3/c1-3-4-13-15-14(19-16-13)9-18-12-6-5-10(2)7-11(12)8-17/h5-7,17H,3-4,8-9H2,1-2H3. The van der Waals surface area contributed by atoms with E-state index in [1.165, 1.54) is 0 Å². The van der Waals surface area contributed by atoms with Crippen LogP contribution in [0, 0.1) is 6.92 Å². The lowest BCUT2D eigenvalue weighted by molar-refractivity contribution is 0.228. The molecule has 1 heterocycles. The number of nitrogens with zero attached hydrogens (tertiary/aromatic N) is 2. The van der Waals surface area contributed by atoms with E-state index in [-0.39, 0.29) is 13.2 Å². The molecule has 0 radical (unpaired) electrons. The van der Waals surface area contributed by atoms with Crippen molar-refractivity contribution in [2.45, 2.75) is 39.9 Å². The molecule has 0 amide bonds. The first-order valence-corrected chi connectivity index (χ1v) is 6.37. The van der Waals surface area contributed by atoms with Crippen LogP contribution in [0.3, 0.4) is 0 Å². The van der Waals surface area contributed by atoms with E-state index in [4.69, 9.17) is 9.26 Å². The Kier molecular flexibility index (Phi) is 4.52. The Balaban J connectivity index is 2.01. The van der Waals surface area contributed by atoms with E-state index in [0.717, 1.165) is 24.0 Å². The summed E-state index contributed by atoms with van der Waals surface area (Å²) >= 11 is 0. The van der Waals surface area contributed by atoms with Gasteiger partial charge in [-0.2, -0.15) is 4.98 Å². The molecular weight excluding hydrogens is 244 g/mol. The first-order chi connectivity index (χ1) is 9.22. The zero-order valence-electron chi connectivity index (χ0n) is 11.2. The largest absolute Gasteiger partial charge is 0.483 e. The molecule has 102 valence electrons. The number of benzene rings is 1. The molecule has 2 aromatic rings. The number of aromatic nitrogens is 2. The second-order valence-corrected chi connectivity index (χ2v) is 4.41. The van der Waals surface area contributed by atoms with E-state index in [1.807, 2.05) is 25.1 Å². The van der Waals surface area contributed by atoms with E-state index in [0.29, 0.717) is 17.5 Å². The quantitative estimate of drug-likeness (QED) is 0.865. The lowest BCUT2D eigenvalue weighted by Gasteiger charge is -2.08. The maximum atomic E-state index is 9.28. The third-order valence-electron chi connectivity index (χ3n) is 2.72. The van der Waals surface area contributed by atoms with Crippen LogP contribution in [0.1, 0.15) is 36.2 Å². The third kappa shape index (κ3) is 3.54. The molecular formula is C14H18N2O3. The minimum absolute atomic E-state index is 0.0536. The monoisotopic (exact) mass is 262 g/mol. The molecule has 0 unspecified atom stereocenters. The summed E-state index contributed by atoms with van der Waals surface area (Å²) in [7, 11) is 0. The van der Waals surface area contributed by atoms with Gasteiger partial charge in [-0.15, -0.1) is 0 Å². The molecule has 5 heteroatoms. The summed E-state index contributed by atoms with van der Waals surface area (Å²) in [5, 5.41) is 13.1. The van der Waals surface area contributed by atoms with Crippen LogP contribution in [-0.2, 0) is 19.6 Å². The van der Waals surface area contributed by atoms with Crippen molar-refractivity contribution in [2.24, 2.45) is 0 Å². The van der Waals surface area contributed by atoms with Crippen LogP contribution < -0.4 is 4.74 Å². The second-order valence-electron chi connectivity index (χ2n) is 4.41. The van der Waals surface area contributed by atoms with Crippen molar-refractivity contribution in [3.63, 3.8) is 0 Å². The van der Waals surface area contributed by atoms with Gasteiger partial charge in [-0.3, -0.25) is 0 Å². The van der Waals surface area contributed by atoms with Crippen LogP contribution in [0.15, 0.2) is 22.7 Å². The maximum absolute atomic E-state index is 9.28. The predicted octanol–water partition coefficient (Wildman–Crippen LogP) is 2.40. The van der Waals surface area contributed by atoms with E-state index in [1.54, 1.807) is 0 Å². The van der Waals surface area contributed by atoms with Crippen molar-refractivity contribution in [2.75, 3.05) is 0 Å². The molecule has 5 nitrogen and oxygen atoms in total. The minimum Gasteiger partial charge on any atom is -0.483 e. The highest BCUT2D eigenvalue weighted by molar-refractivity contribution is 5.36. The highest BCUT2D eigenvalue weighted by Crippen LogP contribution is 2.21. The van der Waals surface area contributed by atoms with E-state index in [2.05, 4.69) is 17.1 Å². The van der Waals surface area contributed by atoms with Crippen LogP contribution in [0.5, 0.6) is 5.75 Å². The van der Waals surface area contributed by atoms with Gasteiger partial charge in [0.25, 0.3) is 5.89 Å². The van der Waals surface area contributed by atoms with Gasteiger partial charge in [-0.05, 0) is 19.4 Å². The summed E-state index contributed by atoms with van der Waals surface area (Å²) in [4.78, 5) is 4.22. The van der Waals surface area contributed by atoms with Crippen molar-refractivity contribution in [1.29, 1.82) is 0 Å². The predicted molar refractivity (Wildman–Crippen MR) is 69.7 cm³/mol. The fraction of sp³-hybridized carbons (Fsp3) is 0.429. The Labute approximate surface area is 112 Å². The van der Waals surface area contributed by atoms with Crippen LogP contribution in [0.2, 0.25) is 0 Å². The van der Waals surface area contributed by atoms with E-state index >= 15 is 0 Å². The molecule has 0 saturated carbocycles. The number of aryl methyl sites for hydroxylation is 2. The van der Waals surface area contributed by atoms with Crippen molar-refractivity contribution >= 4 is 0 Å². The normalized spacial score (nSPS) is 10.7. The van der Waals surface area contributed by atoms with Crippen molar-refractivity contribution in [3.8, 4) is 5.75 Å². The van der Waals surface area contributed by atoms with Gasteiger partial charge < -0.3 is 14.4 Å². The third-order valence-corrected chi connectivity index (χ3v) is 2.72. The minimum atomic E-state index is -0.0536. The number of ether oxygens (including phenoxy) is 1. The van der Waals surface area contributed by atoms with Gasteiger partial charge in [-0.1, -0.05) is 29.8 Å². The topological polar surface area (TPSA) is 68.4 Å². The fourth-order valence-electron chi connectivity index (χ4n) is 1.79. The molecule has 0 atom stereocenters. The molecule has 0 aliphatic heterocycles. The highest BCUT2D eigenvalue weighted by Gasteiger charge is 2.08. The molecule has 0 aliphatic rings. The average Bonchev–Trinajstić information content (AvgIpc) is 2.85. The molecule has 19 heavy (non-hydrogen) atoms. The molecule has 1 aromatic carbocycles. The molecule has 0 spiro atoms. The zero-order chi connectivity index (χ0) is 13.7. The summed E-state index contributed by atoms with van der Waals surface area (Å²) in [6.07, 6.45) is 1.78. The van der Waals surface area contributed by atoms with Crippen LogP contribution in [0.4, 0.5) is 0 Å².